The minimum atomic E-state index is -0.465. The molecule has 0 bridgehead atoms. The van der Waals surface area contributed by atoms with Crippen LogP contribution >= 0.6 is 0 Å². The Labute approximate surface area is 158 Å². The molecule has 1 N–H and O–H groups in total. The molecule has 1 aliphatic rings. The molecule has 5 heteroatoms. The number of nitrogens with one attached hydrogen (secondary N) is 1. The molecule has 4 nitrogen and oxygen atoms in total. The second-order valence-electron chi connectivity index (χ2n) is 5.47. The van der Waals surface area contributed by atoms with Crippen LogP contribution in [-0.2, 0) is 4.74 Å². The summed E-state index contributed by atoms with van der Waals surface area (Å²) in [5.74, 6) is -0.164. The first kappa shape index (κ1) is 19.8. The van der Waals surface area contributed by atoms with Crippen LogP contribution in [0.2, 0.25) is 0 Å². The summed E-state index contributed by atoms with van der Waals surface area (Å²) in [6, 6.07) is 6.10. The summed E-state index contributed by atoms with van der Waals surface area (Å²) in [7, 11) is 3.05. The van der Waals surface area contributed by atoms with Gasteiger partial charge in [0, 0.05) is 18.7 Å². The van der Waals surface area contributed by atoms with Gasteiger partial charge in [0.25, 0.3) is 0 Å². The molecular formula is C22H20FN3O. The van der Waals surface area contributed by atoms with Crippen LogP contribution in [0, 0.1) is 11.2 Å². The fourth-order valence-electron chi connectivity index (χ4n) is 2.35. The van der Waals surface area contributed by atoms with E-state index >= 15 is 0 Å². The lowest BCUT2D eigenvalue weighted by atomic mass is 10.0. The first-order chi connectivity index (χ1) is 13.1. The van der Waals surface area contributed by atoms with E-state index in [1.807, 2.05) is 25.2 Å². The van der Waals surface area contributed by atoms with E-state index < -0.39 is 5.82 Å². The molecule has 1 aromatic carbocycles. The largest absolute Gasteiger partial charge is 0.487 e. The van der Waals surface area contributed by atoms with Crippen molar-refractivity contribution >= 4 is 5.71 Å². The summed E-state index contributed by atoms with van der Waals surface area (Å²) < 4.78 is 19.3. The third-order valence-electron chi connectivity index (χ3n) is 3.75. The third kappa shape index (κ3) is 5.23. The van der Waals surface area contributed by atoms with Crippen molar-refractivity contribution in [3.05, 3.63) is 106 Å². The molecule has 136 valence electrons. The Hall–Kier alpha value is -3.52. The fraction of sp³-hybridized carbons (Fsp3) is 0.136. The van der Waals surface area contributed by atoms with E-state index in [9.17, 15) is 4.39 Å². The van der Waals surface area contributed by atoms with Crippen LogP contribution in [0.3, 0.4) is 0 Å². The van der Waals surface area contributed by atoms with E-state index in [1.165, 1.54) is 25.3 Å². The zero-order chi connectivity index (χ0) is 19.6. The highest BCUT2D eigenvalue weighted by Gasteiger charge is 2.12. The fourth-order valence-corrected chi connectivity index (χ4v) is 2.35. The maximum Gasteiger partial charge on any atom is 0.190 e. The van der Waals surface area contributed by atoms with Gasteiger partial charge in [-0.05, 0) is 48.4 Å². The van der Waals surface area contributed by atoms with Crippen LogP contribution in [0.1, 0.15) is 12.5 Å². The molecule has 0 atom stereocenters. The summed E-state index contributed by atoms with van der Waals surface area (Å²) in [4.78, 5) is 0. The van der Waals surface area contributed by atoms with Gasteiger partial charge in [0.2, 0.25) is 0 Å². The summed E-state index contributed by atoms with van der Waals surface area (Å²) in [5.41, 5.74) is 8.27. The van der Waals surface area contributed by atoms with Crippen LogP contribution in [0.25, 0.3) is 0 Å². The van der Waals surface area contributed by atoms with Crippen LogP contribution in [0.15, 0.2) is 105 Å². The van der Waals surface area contributed by atoms with Gasteiger partial charge in [0.15, 0.2) is 5.76 Å². The molecular weight excluding hydrogens is 341 g/mol. The van der Waals surface area contributed by atoms with Crippen molar-refractivity contribution in [2.24, 2.45) is 10.2 Å². The molecule has 0 radical (unpaired) electrons. The summed E-state index contributed by atoms with van der Waals surface area (Å²) in [6.07, 6.45) is 10.7. The van der Waals surface area contributed by atoms with Gasteiger partial charge in [-0.15, -0.1) is 5.73 Å². The molecule has 0 saturated carbocycles. The first-order valence-electron chi connectivity index (χ1n) is 8.23. The van der Waals surface area contributed by atoms with Crippen LogP contribution in [0.5, 0.6) is 0 Å². The Morgan fingerprint density at radius 2 is 2.07 bits per heavy atom. The smallest absolute Gasteiger partial charge is 0.190 e. The van der Waals surface area contributed by atoms with Crippen molar-refractivity contribution in [1.29, 1.82) is 5.41 Å². The molecule has 0 aromatic heterocycles. The van der Waals surface area contributed by atoms with Crippen LogP contribution in [0.4, 0.5) is 4.39 Å². The van der Waals surface area contributed by atoms with E-state index in [4.69, 9.17) is 10.1 Å². The molecule has 0 aliphatic heterocycles. The van der Waals surface area contributed by atoms with E-state index in [0.29, 0.717) is 11.5 Å². The molecule has 0 saturated heterocycles. The number of ether oxygens (including phenoxy) is 1. The lowest BCUT2D eigenvalue weighted by Gasteiger charge is -2.09. The van der Waals surface area contributed by atoms with Crippen molar-refractivity contribution in [2.45, 2.75) is 6.92 Å². The maximum absolute atomic E-state index is 13.8. The second kappa shape index (κ2) is 9.83. The summed E-state index contributed by atoms with van der Waals surface area (Å²) >= 11 is 0. The van der Waals surface area contributed by atoms with E-state index in [1.54, 1.807) is 31.3 Å². The zero-order valence-electron chi connectivity index (χ0n) is 15.5. The van der Waals surface area contributed by atoms with Gasteiger partial charge in [-0.1, -0.05) is 30.0 Å². The minimum Gasteiger partial charge on any atom is -0.487 e. The number of benzene rings is 1. The normalized spacial score (nSPS) is 13.6. The van der Waals surface area contributed by atoms with Gasteiger partial charge in [-0.3, -0.25) is 5.41 Å². The van der Waals surface area contributed by atoms with E-state index in [0.717, 1.165) is 11.1 Å². The van der Waals surface area contributed by atoms with Crippen LogP contribution in [-0.4, -0.2) is 19.9 Å². The molecule has 0 spiro atoms. The minimum absolute atomic E-state index is 0.0196. The Morgan fingerprint density at radius 3 is 2.78 bits per heavy atom. The average Bonchev–Trinajstić information content (AvgIpc) is 2.96. The first-order valence-corrected chi connectivity index (χ1v) is 8.23. The van der Waals surface area contributed by atoms with E-state index in [-0.39, 0.29) is 11.3 Å². The lowest BCUT2D eigenvalue weighted by Crippen LogP contribution is -1.99. The number of hydrogen-bond donors (Lipinski definition) is 1. The second-order valence-corrected chi connectivity index (χ2v) is 5.47. The number of azo groups is 1. The monoisotopic (exact) mass is 361 g/mol. The quantitative estimate of drug-likeness (QED) is 0.237. The van der Waals surface area contributed by atoms with Gasteiger partial charge >= 0.3 is 0 Å². The van der Waals surface area contributed by atoms with Crippen molar-refractivity contribution in [3.8, 4) is 0 Å². The number of hydrogen-bond acceptors (Lipinski definition) is 4. The highest BCUT2D eigenvalue weighted by Crippen LogP contribution is 2.24. The predicted octanol–water partition coefficient (Wildman–Crippen LogP) is 5.44. The Balaban J connectivity index is 2.50. The van der Waals surface area contributed by atoms with Gasteiger partial charge in [0.1, 0.15) is 11.5 Å². The van der Waals surface area contributed by atoms with Crippen molar-refractivity contribution in [2.75, 3.05) is 14.2 Å². The number of nitrogens with zero attached hydrogens (tertiary/aromatic N) is 2. The standard InChI is InChI=1S/C22H20FN3O/c1-16(17-10-6-4-5-7-11-17)22(26-25-2)21(27-3)15-14-20(24)18-12-8-9-13-19(18)23/h4,6-14,24H,1-3H3/b22-16+,24-20?,26-25?. The summed E-state index contributed by atoms with van der Waals surface area (Å²) in [6.45, 7) is 1.89. The highest BCUT2D eigenvalue weighted by molar-refractivity contribution is 6.06. The van der Waals surface area contributed by atoms with E-state index in [2.05, 4.69) is 21.7 Å². The Bertz CT molecular complexity index is 981. The topological polar surface area (TPSA) is 57.8 Å². The number of rotatable bonds is 6. The van der Waals surface area contributed by atoms with Gasteiger partial charge in [-0.2, -0.15) is 10.2 Å². The summed E-state index contributed by atoms with van der Waals surface area (Å²) in [5, 5.41) is 16.1. The molecule has 0 unspecified atom stereocenters. The molecule has 1 aliphatic carbocycles. The lowest BCUT2D eigenvalue weighted by molar-refractivity contribution is 0.300. The number of allylic oxidation sites excluding steroid dienone is 6. The third-order valence-corrected chi connectivity index (χ3v) is 3.75. The molecule has 1 aromatic rings. The molecule has 0 fully saturated rings. The number of halogens is 1. The van der Waals surface area contributed by atoms with Crippen molar-refractivity contribution < 1.29 is 9.13 Å². The molecule has 0 amide bonds. The Kier molecular flexibility index (Phi) is 7.21. The Morgan fingerprint density at radius 1 is 1.30 bits per heavy atom. The van der Waals surface area contributed by atoms with Crippen molar-refractivity contribution in [3.63, 3.8) is 0 Å². The predicted molar refractivity (Wildman–Crippen MR) is 105 cm³/mol. The van der Waals surface area contributed by atoms with Crippen LogP contribution < -0.4 is 0 Å². The molecule has 2 rings (SSSR count). The van der Waals surface area contributed by atoms with Gasteiger partial charge in [0.05, 0.1) is 12.8 Å². The average molecular weight is 361 g/mol. The maximum atomic E-state index is 13.8. The van der Waals surface area contributed by atoms with Gasteiger partial charge < -0.3 is 4.74 Å². The highest BCUT2D eigenvalue weighted by atomic mass is 19.1. The number of methoxy groups -OCH3 is 1. The SMILES string of the molecule is CN=N/C(C(=C=CC(=N)c1ccccc1F)OC)=C(\C)C1=CC=C=CC=C1. The zero-order valence-corrected chi connectivity index (χ0v) is 15.5. The molecule has 0 heterocycles. The van der Waals surface area contributed by atoms with Gasteiger partial charge in [-0.25, -0.2) is 4.39 Å². The van der Waals surface area contributed by atoms with Crippen molar-refractivity contribution in [1.82, 2.24) is 0 Å². The molecule has 27 heavy (non-hydrogen) atoms.